The summed E-state index contributed by atoms with van der Waals surface area (Å²) in [5, 5.41) is 3.24. The summed E-state index contributed by atoms with van der Waals surface area (Å²) in [6.45, 7) is 7.22. The van der Waals surface area contributed by atoms with Crippen molar-refractivity contribution in [1.82, 2.24) is 9.88 Å². The van der Waals surface area contributed by atoms with Gasteiger partial charge in [-0.1, -0.05) is 6.07 Å². The minimum atomic E-state index is 0.736. The van der Waals surface area contributed by atoms with Crippen molar-refractivity contribution in [3.8, 4) is 0 Å². The van der Waals surface area contributed by atoms with Gasteiger partial charge < -0.3 is 14.8 Å². The van der Waals surface area contributed by atoms with Gasteiger partial charge >= 0.3 is 0 Å². The summed E-state index contributed by atoms with van der Waals surface area (Å²) in [5.41, 5.74) is 1.08. The first kappa shape index (κ1) is 16.9. The van der Waals surface area contributed by atoms with Gasteiger partial charge in [-0.15, -0.1) is 0 Å². The number of hydrogen-bond donors (Lipinski definition) is 1. The van der Waals surface area contributed by atoms with Crippen LogP contribution in [0.2, 0.25) is 0 Å². The quantitative estimate of drug-likeness (QED) is 0.629. The topological polar surface area (TPSA) is 46.6 Å². The molecule has 20 heavy (non-hydrogen) atoms. The summed E-state index contributed by atoms with van der Waals surface area (Å²) < 4.78 is 10.3. The van der Waals surface area contributed by atoms with Crippen LogP contribution in [-0.2, 0) is 16.0 Å². The Balaban J connectivity index is 2.55. The molecule has 5 heteroatoms. The fourth-order valence-electron chi connectivity index (χ4n) is 2.00. The van der Waals surface area contributed by atoms with Gasteiger partial charge in [-0.3, -0.25) is 4.90 Å². The van der Waals surface area contributed by atoms with E-state index in [1.54, 1.807) is 14.2 Å². The Labute approximate surface area is 122 Å². The fraction of sp³-hybridized carbons (Fsp3) is 0.667. The van der Waals surface area contributed by atoms with Gasteiger partial charge in [-0.05, 0) is 25.5 Å². The molecule has 0 aliphatic rings. The van der Waals surface area contributed by atoms with Crippen molar-refractivity contribution in [2.24, 2.45) is 0 Å². The Kier molecular flexibility index (Phi) is 8.95. The Morgan fingerprint density at radius 3 is 2.65 bits per heavy atom. The van der Waals surface area contributed by atoms with Crippen LogP contribution in [0.25, 0.3) is 0 Å². The molecule has 0 spiro atoms. The highest BCUT2D eigenvalue weighted by Crippen LogP contribution is 2.08. The molecule has 1 rings (SSSR count). The molecule has 0 aromatic carbocycles. The van der Waals surface area contributed by atoms with Gasteiger partial charge in [0.15, 0.2) is 0 Å². The summed E-state index contributed by atoms with van der Waals surface area (Å²) >= 11 is 0. The highest BCUT2D eigenvalue weighted by molar-refractivity contribution is 5.34. The third-order valence-electron chi connectivity index (χ3n) is 2.98. The summed E-state index contributed by atoms with van der Waals surface area (Å²) in [4.78, 5) is 6.96. The Morgan fingerprint density at radius 2 is 1.95 bits per heavy atom. The maximum absolute atomic E-state index is 5.17. The van der Waals surface area contributed by atoms with Crippen molar-refractivity contribution in [3.05, 3.63) is 23.9 Å². The molecule has 0 bridgehead atoms. The monoisotopic (exact) mass is 281 g/mol. The Morgan fingerprint density at radius 1 is 1.15 bits per heavy atom. The average Bonchev–Trinajstić information content (AvgIpc) is 2.45. The van der Waals surface area contributed by atoms with E-state index >= 15 is 0 Å². The molecule has 114 valence electrons. The Hall–Kier alpha value is -1.17. The largest absolute Gasteiger partial charge is 0.385 e. The van der Waals surface area contributed by atoms with Crippen molar-refractivity contribution in [3.63, 3.8) is 0 Å². The normalized spacial score (nSPS) is 11.0. The number of anilines is 1. The van der Waals surface area contributed by atoms with E-state index in [-0.39, 0.29) is 0 Å². The zero-order chi connectivity index (χ0) is 14.6. The number of rotatable bonds is 11. The fourth-order valence-corrected chi connectivity index (χ4v) is 2.00. The predicted octanol–water partition coefficient (Wildman–Crippen LogP) is 2.00. The standard InChI is InChI=1S/C15H27N3O2/c1-4-16-15-8-5-7-14(17-15)13-18(10-12-20-3)9-6-11-19-2/h5,7-8H,4,6,9-13H2,1-3H3,(H,16,17). The van der Waals surface area contributed by atoms with E-state index in [4.69, 9.17) is 9.47 Å². The molecule has 0 atom stereocenters. The van der Waals surface area contributed by atoms with Crippen LogP contribution in [0.3, 0.4) is 0 Å². The molecule has 0 fully saturated rings. The lowest BCUT2D eigenvalue weighted by molar-refractivity contribution is 0.128. The predicted molar refractivity (Wildman–Crippen MR) is 82.0 cm³/mol. The molecule has 0 unspecified atom stereocenters. The van der Waals surface area contributed by atoms with Crippen LogP contribution in [0.4, 0.5) is 5.82 Å². The smallest absolute Gasteiger partial charge is 0.126 e. The molecule has 0 saturated carbocycles. The lowest BCUT2D eigenvalue weighted by Crippen LogP contribution is -2.29. The molecule has 5 nitrogen and oxygen atoms in total. The van der Waals surface area contributed by atoms with Gasteiger partial charge in [0.2, 0.25) is 0 Å². The van der Waals surface area contributed by atoms with Gasteiger partial charge in [0.25, 0.3) is 0 Å². The van der Waals surface area contributed by atoms with Gasteiger partial charge in [-0.25, -0.2) is 4.98 Å². The minimum Gasteiger partial charge on any atom is -0.385 e. The van der Waals surface area contributed by atoms with Gasteiger partial charge in [0, 0.05) is 47.0 Å². The highest BCUT2D eigenvalue weighted by Gasteiger charge is 2.07. The number of nitrogens with zero attached hydrogens (tertiary/aromatic N) is 2. The van der Waals surface area contributed by atoms with E-state index in [1.807, 2.05) is 12.1 Å². The van der Waals surface area contributed by atoms with E-state index in [0.717, 1.165) is 57.3 Å². The van der Waals surface area contributed by atoms with Crippen LogP contribution < -0.4 is 5.32 Å². The molecule has 0 saturated heterocycles. The lowest BCUT2D eigenvalue weighted by atomic mass is 10.3. The van der Waals surface area contributed by atoms with Crippen molar-refractivity contribution in [2.45, 2.75) is 19.9 Å². The third kappa shape index (κ3) is 6.84. The number of hydrogen-bond acceptors (Lipinski definition) is 5. The molecule has 1 heterocycles. The van der Waals surface area contributed by atoms with Crippen LogP contribution >= 0.6 is 0 Å². The van der Waals surface area contributed by atoms with E-state index < -0.39 is 0 Å². The first-order valence-corrected chi connectivity index (χ1v) is 7.20. The van der Waals surface area contributed by atoms with Crippen LogP contribution in [0, 0.1) is 0 Å². The highest BCUT2D eigenvalue weighted by atomic mass is 16.5. The van der Waals surface area contributed by atoms with Gasteiger partial charge in [0.1, 0.15) is 5.82 Å². The second-order valence-electron chi connectivity index (χ2n) is 4.66. The third-order valence-corrected chi connectivity index (χ3v) is 2.98. The molecule has 1 N–H and O–H groups in total. The van der Waals surface area contributed by atoms with Gasteiger partial charge in [0.05, 0.1) is 12.3 Å². The molecule has 0 radical (unpaired) electrons. The molecular formula is C15H27N3O2. The van der Waals surface area contributed by atoms with Crippen molar-refractivity contribution in [1.29, 1.82) is 0 Å². The summed E-state index contributed by atoms with van der Waals surface area (Å²) in [6, 6.07) is 6.11. The van der Waals surface area contributed by atoms with Crippen LogP contribution in [-0.4, -0.2) is 57.0 Å². The van der Waals surface area contributed by atoms with Crippen LogP contribution in [0.15, 0.2) is 18.2 Å². The number of methoxy groups -OCH3 is 2. The van der Waals surface area contributed by atoms with E-state index in [9.17, 15) is 0 Å². The zero-order valence-electron chi connectivity index (χ0n) is 12.9. The first-order valence-electron chi connectivity index (χ1n) is 7.20. The number of pyridine rings is 1. The van der Waals surface area contributed by atoms with Crippen molar-refractivity contribution in [2.75, 3.05) is 52.4 Å². The number of aromatic nitrogens is 1. The second-order valence-corrected chi connectivity index (χ2v) is 4.66. The number of nitrogens with one attached hydrogen (secondary N) is 1. The minimum absolute atomic E-state index is 0.736. The lowest BCUT2D eigenvalue weighted by Gasteiger charge is -2.21. The van der Waals surface area contributed by atoms with Crippen LogP contribution in [0.1, 0.15) is 19.0 Å². The number of ether oxygens (including phenoxy) is 2. The summed E-state index contributed by atoms with van der Waals surface area (Å²) in [5.74, 6) is 0.939. The van der Waals surface area contributed by atoms with E-state index in [0.29, 0.717) is 0 Å². The molecule has 0 aliphatic carbocycles. The first-order chi connectivity index (χ1) is 9.80. The maximum Gasteiger partial charge on any atom is 0.126 e. The molecule has 0 amide bonds. The molecule has 1 aromatic heterocycles. The van der Waals surface area contributed by atoms with Crippen molar-refractivity contribution < 1.29 is 9.47 Å². The average molecular weight is 281 g/mol. The molecular weight excluding hydrogens is 254 g/mol. The Bertz CT molecular complexity index is 361. The molecule has 1 aromatic rings. The zero-order valence-corrected chi connectivity index (χ0v) is 12.9. The summed E-state index contributed by atoms with van der Waals surface area (Å²) in [6.07, 6.45) is 1.02. The summed E-state index contributed by atoms with van der Waals surface area (Å²) in [7, 11) is 3.47. The van der Waals surface area contributed by atoms with Crippen molar-refractivity contribution >= 4 is 5.82 Å². The van der Waals surface area contributed by atoms with E-state index in [1.165, 1.54) is 0 Å². The maximum atomic E-state index is 5.17. The van der Waals surface area contributed by atoms with Crippen LogP contribution in [0.5, 0.6) is 0 Å². The second kappa shape index (κ2) is 10.6. The SMILES string of the molecule is CCNc1cccc(CN(CCCOC)CCOC)n1. The van der Waals surface area contributed by atoms with E-state index in [2.05, 4.69) is 28.2 Å². The molecule has 0 aliphatic heterocycles. The van der Waals surface area contributed by atoms with Gasteiger partial charge in [-0.2, -0.15) is 0 Å².